The summed E-state index contributed by atoms with van der Waals surface area (Å²) in [4.78, 5) is 12.7. The fourth-order valence-electron chi connectivity index (χ4n) is 3.45. The van der Waals surface area contributed by atoms with Gasteiger partial charge in [0.1, 0.15) is 0 Å². The number of carbonyl (C=O) groups excluding carboxylic acids is 1. The van der Waals surface area contributed by atoms with Gasteiger partial charge in [-0.1, -0.05) is 115 Å². The standard InChI is InChI=1S/C26H20O/c27-26(23-14-8-3-9-15-23)24-18-16-22(17-19-24)25(20-10-4-1-5-11-20)21-12-6-2-7-13-21/h1-19,25H. The summed E-state index contributed by atoms with van der Waals surface area (Å²) in [5, 5.41) is 0. The van der Waals surface area contributed by atoms with Gasteiger partial charge in [-0.15, -0.1) is 0 Å². The molecular formula is C26H20O. The van der Waals surface area contributed by atoms with Crippen LogP contribution < -0.4 is 0 Å². The van der Waals surface area contributed by atoms with Crippen molar-refractivity contribution in [3.05, 3.63) is 143 Å². The summed E-state index contributed by atoms with van der Waals surface area (Å²) in [6.45, 7) is 0. The Morgan fingerprint density at radius 1 is 0.444 bits per heavy atom. The van der Waals surface area contributed by atoms with Crippen molar-refractivity contribution in [3.8, 4) is 0 Å². The Morgan fingerprint density at radius 2 is 0.815 bits per heavy atom. The molecule has 130 valence electrons. The lowest BCUT2D eigenvalue weighted by Gasteiger charge is -2.19. The minimum atomic E-state index is 0.0538. The van der Waals surface area contributed by atoms with E-state index in [4.69, 9.17) is 0 Å². The molecule has 0 unspecified atom stereocenters. The maximum Gasteiger partial charge on any atom is 0.193 e. The lowest BCUT2D eigenvalue weighted by atomic mass is 9.84. The number of benzene rings is 4. The van der Waals surface area contributed by atoms with Crippen LogP contribution in [0.15, 0.2) is 115 Å². The summed E-state index contributed by atoms with van der Waals surface area (Å²) in [6.07, 6.45) is 0. The highest BCUT2D eigenvalue weighted by Crippen LogP contribution is 2.32. The van der Waals surface area contributed by atoms with Crippen molar-refractivity contribution in [2.45, 2.75) is 5.92 Å². The molecule has 1 nitrogen and oxygen atoms in total. The fourth-order valence-corrected chi connectivity index (χ4v) is 3.45. The zero-order valence-corrected chi connectivity index (χ0v) is 15.0. The average Bonchev–Trinajstić information content (AvgIpc) is 2.76. The van der Waals surface area contributed by atoms with E-state index in [2.05, 4.69) is 60.7 Å². The number of carbonyl (C=O) groups is 1. The Balaban J connectivity index is 1.70. The van der Waals surface area contributed by atoms with Crippen LogP contribution in [0, 0.1) is 0 Å². The molecule has 1 heteroatoms. The second-order valence-corrected chi connectivity index (χ2v) is 6.57. The monoisotopic (exact) mass is 348 g/mol. The van der Waals surface area contributed by atoms with E-state index in [1.165, 1.54) is 16.7 Å². The zero-order valence-electron chi connectivity index (χ0n) is 15.0. The fraction of sp³-hybridized carbons (Fsp3) is 0.0385. The van der Waals surface area contributed by atoms with Crippen LogP contribution in [0.5, 0.6) is 0 Å². The van der Waals surface area contributed by atoms with Crippen LogP contribution >= 0.6 is 0 Å². The normalized spacial score (nSPS) is 10.7. The molecule has 0 spiro atoms. The predicted molar refractivity (Wildman–Crippen MR) is 110 cm³/mol. The van der Waals surface area contributed by atoms with E-state index in [1.54, 1.807) is 0 Å². The lowest BCUT2D eigenvalue weighted by molar-refractivity contribution is 0.103. The van der Waals surface area contributed by atoms with Crippen molar-refractivity contribution in [2.75, 3.05) is 0 Å². The van der Waals surface area contributed by atoms with Crippen LogP contribution in [0.2, 0.25) is 0 Å². The summed E-state index contributed by atoms with van der Waals surface area (Å²) < 4.78 is 0. The van der Waals surface area contributed by atoms with Gasteiger partial charge >= 0.3 is 0 Å². The van der Waals surface area contributed by atoms with Crippen molar-refractivity contribution in [1.29, 1.82) is 0 Å². The number of hydrogen-bond acceptors (Lipinski definition) is 1. The van der Waals surface area contributed by atoms with Crippen molar-refractivity contribution in [2.24, 2.45) is 0 Å². The molecule has 4 aromatic rings. The van der Waals surface area contributed by atoms with Gasteiger partial charge in [0.25, 0.3) is 0 Å². The van der Waals surface area contributed by atoms with E-state index < -0.39 is 0 Å². The molecule has 0 aromatic heterocycles. The molecule has 0 radical (unpaired) electrons. The van der Waals surface area contributed by atoms with E-state index in [0.717, 1.165) is 0 Å². The number of ketones is 1. The van der Waals surface area contributed by atoms with Crippen LogP contribution in [0.3, 0.4) is 0 Å². The molecule has 0 aliphatic rings. The molecule has 0 aliphatic heterocycles. The molecule has 0 atom stereocenters. The highest BCUT2D eigenvalue weighted by atomic mass is 16.1. The van der Waals surface area contributed by atoms with Crippen LogP contribution in [-0.4, -0.2) is 5.78 Å². The van der Waals surface area contributed by atoms with E-state index in [9.17, 15) is 4.79 Å². The van der Waals surface area contributed by atoms with Crippen LogP contribution in [-0.2, 0) is 0 Å². The first-order valence-corrected chi connectivity index (χ1v) is 9.12. The van der Waals surface area contributed by atoms with Gasteiger partial charge in [-0.05, 0) is 16.7 Å². The molecule has 0 N–H and O–H groups in total. The minimum Gasteiger partial charge on any atom is -0.289 e. The van der Waals surface area contributed by atoms with E-state index in [0.29, 0.717) is 11.1 Å². The van der Waals surface area contributed by atoms with Gasteiger partial charge < -0.3 is 0 Å². The van der Waals surface area contributed by atoms with Gasteiger partial charge in [-0.25, -0.2) is 0 Å². The van der Waals surface area contributed by atoms with Gasteiger partial charge in [0.2, 0.25) is 0 Å². The van der Waals surface area contributed by atoms with Crippen LogP contribution in [0.1, 0.15) is 38.5 Å². The largest absolute Gasteiger partial charge is 0.289 e. The molecule has 4 aromatic carbocycles. The lowest BCUT2D eigenvalue weighted by Crippen LogP contribution is -2.05. The Hall–Kier alpha value is -3.45. The Labute approximate surface area is 159 Å². The van der Waals surface area contributed by atoms with Crippen molar-refractivity contribution in [1.82, 2.24) is 0 Å². The molecular weight excluding hydrogens is 328 g/mol. The molecule has 0 amide bonds. The van der Waals surface area contributed by atoms with Gasteiger partial charge in [0, 0.05) is 17.0 Å². The molecule has 0 saturated heterocycles. The Kier molecular flexibility index (Phi) is 4.93. The van der Waals surface area contributed by atoms with Gasteiger partial charge in [0.15, 0.2) is 5.78 Å². The van der Waals surface area contributed by atoms with Gasteiger partial charge in [-0.2, -0.15) is 0 Å². The van der Waals surface area contributed by atoms with Crippen molar-refractivity contribution in [3.63, 3.8) is 0 Å². The second kappa shape index (κ2) is 7.84. The van der Waals surface area contributed by atoms with Crippen LogP contribution in [0.25, 0.3) is 0 Å². The first kappa shape index (κ1) is 17.0. The third-order valence-electron chi connectivity index (χ3n) is 4.81. The molecule has 0 bridgehead atoms. The maximum atomic E-state index is 12.7. The summed E-state index contributed by atoms with van der Waals surface area (Å²) in [5.41, 5.74) is 5.09. The SMILES string of the molecule is O=C(c1ccccc1)c1ccc(C(c2ccccc2)c2ccccc2)cc1. The molecule has 4 rings (SSSR count). The molecule has 0 fully saturated rings. The van der Waals surface area contributed by atoms with Crippen molar-refractivity contribution < 1.29 is 4.79 Å². The van der Waals surface area contributed by atoms with E-state index in [-0.39, 0.29) is 11.7 Å². The Morgan fingerprint density at radius 3 is 1.30 bits per heavy atom. The molecule has 0 aliphatic carbocycles. The van der Waals surface area contributed by atoms with Crippen LogP contribution in [0.4, 0.5) is 0 Å². The summed E-state index contributed by atoms with van der Waals surface area (Å²) in [5.74, 6) is 0.200. The Bertz CT molecular complexity index is 965. The summed E-state index contributed by atoms with van der Waals surface area (Å²) in [7, 11) is 0. The first-order valence-electron chi connectivity index (χ1n) is 9.12. The van der Waals surface area contributed by atoms with E-state index in [1.807, 2.05) is 54.6 Å². The summed E-state index contributed by atoms with van der Waals surface area (Å²) >= 11 is 0. The highest BCUT2D eigenvalue weighted by Gasteiger charge is 2.17. The third kappa shape index (κ3) is 3.73. The topological polar surface area (TPSA) is 17.1 Å². The maximum absolute atomic E-state index is 12.7. The quantitative estimate of drug-likeness (QED) is 0.315. The highest BCUT2D eigenvalue weighted by molar-refractivity contribution is 6.08. The van der Waals surface area contributed by atoms with Crippen molar-refractivity contribution >= 4 is 5.78 Å². The first-order chi connectivity index (χ1) is 13.3. The molecule has 27 heavy (non-hydrogen) atoms. The zero-order chi connectivity index (χ0) is 18.5. The average molecular weight is 348 g/mol. The third-order valence-corrected chi connectivity index (χ3v) is 4.81. The minimum absolute atomic E-state index is 0.0538. The predicted octanol–water partition coefficient (Wildman–Crippen LogP) is 6.10. The smallest absolute Gasteiger partial charge is 0.193 e. The second-order valence-electron chi connectivity index (χ2n) is 6.57. The molecule has 0 saturated carbocycles. The number of hydrogen-bond donors (Lipinski definition) is 0. The van der Waals surface area contributed by atoms with Gasteiger partial charge in [0.05, 0.1) is 0 Å². The molecule has 0 heterocycles. The summed E-state index contributed by atoms with van der Waals surface area (Å²) in [6, 6.07) is 38.4. The number of rotatable bonds is 5. The van der Waals surface area contributed by atoms with Gasteiger partial charge in [-0.3, -0.25) is 4.79 Å². The van der Waals surface area contributed by atoms with E-state index >= 15 is 0 Å².